The quantitative estimate of drug-likeness (QED) is 0.0150. The molecular weight excluding hydrogens is 1450 g/mol. The normalized spacial score (nSPS) is 15.1. The van der Waals surface area contributed by atoms with E-state index in [-0.39, 0.29) is 65.2 Å². The molecule has 0 aromatic heterocycles. The number of carbonyl (C=O) groups is 16. The maximum Gasteiger partial charge on any atom is 0.524 e. The number of fused-ring (bicyclic) bond motifs is 2. The number of primary amides is 2. The zero-order chi connectivity index (χ0) is 80.0. The molecule has 3 aromatic rings. The Morgan fingerprint density at radius 2 is 1.18 bits per heavy atom. The minimum atomic E-state index is -5.11. The van der Waals surface area contributed by atoms with E-state index in [0.29, 0.717) is 22.1 Å². The number of benzene rings is 4. The number of phenols is 1. The monoisotopic (exact) mass is 1530 g/mol. The minimum absolute atomic E-state index is 0.0319. The lowest BCUT2D eigenvalue weighted by molar-refractivity contribution is -0.147. The Morgan fingerprint density at radius 1 is 0.611 bits per heavy atom. The highest BCUT2D eigenvalue weighted by molar-refractivity contribution is 7.46. The largest absolute Gasteiger partial charge is 0.524 e. The molecule has 0 radical (unpaired) electrons. The van der Waals surface area contributed by atoms with Crippen molar-refractivity contribution in [2.24, 2.45) is 17.4 Å². The predicted molar refractivity (Wildman–Crippen MR) is 373 cm³/mol. The molecule has 10 atom stereocenters. The molecule has 2 heterocycles. The van der Waals surface area contributed by atoms with Crippen molar-refractivity contribution in [3.05, 3.63) is 106 Å². The molecule has 108 heavy (non-hydrogen) atoms. The maximum atomic E-state index is 14.8. The first-order valence-electron chi connectivity index (χ1n) is 33.4. The van der Waals surface area contributed by atoms with Crippen molar-refractivity contribution in [3.63, 3.8) is 0 Å². The zero-order valence-electron chi connectivity index (χ0n) is 58.1. The fraction of sp³-hybridized carbons (Fsp3) is 0.397. The van der Waals surface area contributed by atoms with Gasteiger partial charge in [0, 0.05) is 66.4 Å². The summed E-state index contributed by atoms with van der Waals surface area (Å²) in [6.45, 7) is 3.15. The smallest absolute Gasteiger partial charge is 0.508 e. The number of likely N-dealkylation sites (tertiary alicyclic amines) is 1. The summed E-state index contributed by atoms with van der Waals surface area (Å²) in [4.78, 5) is 245. The van der Waals surface area contributed by atoms with Crippen LogP contribution < -0.4 is 69.3 Å². The van der Waals surface area contributed by atoms with Crippen LogP contribution in [-0.2, 0) is 82.9 Å². The number of carboxylic acid groups (broad SMARTS) is 4. The van der Waals surface area contributed by atoms with Crippen LogP contribution in [0.15, 0.2) is 94.1 Å². The Bertz CT molecular complexity index is 4360. The van der Waals surface area contributed by atoms with Crippen molar-refractivity contribution in [1.29, 1.82) is 0 Å². The Hall–Kier alpha value is -12.4. The van der Waals surface area contributed by atoms with E-state index in [4.69, 9.17) is 21.0 Å². The van der Waals surface area contributed by atoms with Crippen LogP contribution in [0.25, 0.3) is 33.4 Å². The highest BCUT2D eigenvalue weighted by Crippen LogP contribution is 2.42. The number of phenolic OH excluding ortho intramolecular Hbond substituents is 1. The molecule has 0 unspecified atom stereocenters. The predicted octanol–water partition coefficient (Wildman–Crippen LogP) is -1.92. The van der Waals surface area contributed by atoms with Gasteiger partial charge in [0.25, 0.3) is 5.91 Å². The molecule has 580 valence electrons. The van der Waals surface area contributed by atoms with Crippen LogP contribution in [0.3, 0.4) is 0 Å². The summed E-state index contributed by atoms with van der Waals surface area (Å²) in [5.74, 6) is -21.1. The van der Waals surface area contributed by atoms with E-state index in [1.165, 1.54) is 55.5 Å². The summed E-state index contributed by atoms with van der Waals surface area (Å²) in [6, 6.07) is 2.96. The second-order valence-corrected chi connectivity index (χ2v) is 26.3. The van der Waals surface area contributed by atoms with Crippen LogP contribution in [0.1, 0.15) is 107 Å². The number of amides is 12. The molecule has 3 aromatic carbocycles. The van der Waals surface area contributed by atoms with Gasteiger partial charge in [-0.25, -0.2) is 9.36 Å². The highest BCUT2D eigenvalue weighted by Gasteiger charge is 2.42. The number of carbonyl (C=O) groups excluding carboxylic acids is 12. The third-order valence-electron chi connectivity index (χ3n) is 17.0. The first-order valence-corrected chi connectivity index (χ1v) is 34.9. The Kier molecular flexibility index (Phi) is 30.2. The number of nitrogens with two attached hydrogens (primary N) is 2. The molecule has 2 aliphatic heterocycles. The Morgan fingerprint density at radius 3 is 1.79 bits per heavy atom. The molecule has 40 heteroatoms. The molecule has 6 rings (SSSR count). The summed E-state index contributed by atoms with van der Waals surface area (Å²) in [6.07, 6.45) is -6.43. The number of aliphatic carboxylic acids is 4. The Balaban J connectivity index is 1.21. The molecule has 20 N–H and O–H groups in total. The van der Waals surface area contributed by atoms with Gasteiger partial charge >= 0.3 is 31.7 Å². The van der Waals surface area contributed by atoms with Crippen LogP contribution in [0.2, 0.25) is 0 Å². The summed E-state index contributed by atoms with van der Waals surface area (Å²) < 4.78 is 22.2. The third kappa shape index (κ3) is 24.9. The van der Waals surface area contributed by atoms with Crippen LogP contribution in [0.4, 0.5) is 0 Å². The second kappa shape index (κ2) is 38.6. The Labute approximate surface area is 612 Å². The van der Waals surface area contributed by atoms with Crippen molar-refractivity contribution in [3.8, 4) is 33.9 Å². The lowest BCUT2D eigenvalue weighted by Crippen LogP contribution is -2.61. The number of rotatable bonds is 40. The lowest BCUT2D eigenvalue weighted by Gasteiger charge is -2.32. The van der Waals surface area contributed by atoms with E-state index in [0.717, 1.165) is 24.0 Å². The van der Waals surface area contributed by atoms with Gasteiger partial charge in [-0.2, -0.15) is 0 Å². The van der Waals surface area contributed by atoms with Crippen LogP contribution in [-0.4, -0.2) is 202 Å². The fourth-order valence-electron chi connectivity index (χ4n) is 11.4. The van der Waals surface area contributed by atoms with E-state index in [1.54, 1.807) is 31.2 Å². The summed E-state index contributed by atoms with van der Waals surface area (Å²) in [5, 5.41) is 69.3. The molecule has 0 bridgehead atoms. The summed E-state index contributed by atoms with van der Waals surface area (Å²) in [7, 11) is -5.11. The van der Waals surface area contributed by atoms with Crippen LogP contribution in [0.5, 0.6) is 11.5 Å². The molecule has 0 spiro atoms. The number of nitrogens with zero attached hydrogens (tertiary/aromatic N) is 1. The van der Waals surface area contributed by atoms with Gasteiger partial charge in [-0.05, 0) is 98.5 Å². The summed E-state index contributed by atoms with van der Waals surface area (Å²) in [5.41, 5.74) is 12.0. The van der Waals surface area contributed by atoms with Crippen molar-refractivity contribution < 1.29 is 126 Å². The van der Waals surface area contributed by atoms with Crippen molar-refractivity contribution in [2.45, 2.75) is 152 Å². The minimum Gasteiger partial charge on any atom is -0.508 e. The SMILES string of the molecule is CC[C@H](C)[C@H](NC(=O)[C@@H]1CCCN1C(=O)[C@H](CCC(N)=O)NC(=O)[C@H](CCC(N)=O)NC(=O)CNC(=O)c1ccccc1-c1c2ccc(=O)cc-2oc2cc(O)ccc12)C(=O)N[C@@H](Cc1ccc(OP(=O)(O)O)cc1)C(=O)N[C@@H](CCC(=O)O)C(=O)N[C@@H](CC(=O)O)C(=O)N[C@@H](C)C(=O)N[C@@H](CC(=O)O)C(=O)O. The third-order valence-corrected chi connectivity index (χ3v) is 17.5. The van der Waals surface area contributed by atoms with Gasteiger partial charge in [-0.15, -0.1) is 0 Å². The van der Waals surface area contributed by atoms with E-state index in [2.05, 4.69) is 41.7 Å². The first-order chi connectivity index (χ1) is 50.8. The number of nitrogens with one attached hydrogen (secondary N) is 9. The number of hydrogen-bond acceptors (Lipinski definition) is 21. The average Bonchev–Trinajstić information content (AvgIpc) is 0.853. The fourth-order valence-corrected chi connectivity index (χ4v) is 11.8. The first kappa shape index (κ1) is 84.6. The number of aromatic hydroxyl groups is 1. The number of phosphoric acid groups is 1. The molecule has 1 saturated heterocycles. The maximum absolute atomic E-state index is 14.8. The average molecular weight is 1530 g/mol. The van der Waals surface area contributed by atoms with Gasteiger partial charge in [-0.3, -0.25) is 86.5 Å². The standard InChI is InChI=1S/C68H81N12O27P/c1-4-32(2)58(66(99)77-45(26-34-11-15-37(16-12-34)107-108(103,104)105)64(97)74-43(21-24-54(86)87)62(95)76-46(29-55(88)89)63(96)72-33(3)59(92)78-47(68(101)102)30-56(90)91)79-65(98)48-10-7-25-80(48)67(100)44(20-23-52(70)84)75-61(94)42(19-22-51(69)83)73-53(85)31-71-60(93)39-9-6-5-8-38(39)57-40-17-13-35(81)27-49(40)106-50-28-36(82)14-18-41(50)57/h5-6,8-9,11-18,27-28,32-33,42-48,58,81H,4,7,10,19-26,29-31H2,1-3H3,(H2,69,83)(H2,70,84)(H,71,93)(H,72,96)(H,73,85)(H,74,97)(H,75,94)(H,76,95)(H,77,99)(H,78,92)(H,79,98)(H,86,87)(H,88,89)(H,90,91)(H,101,102)(H2,103,104,105)/t32-,33-,42-,43-,44-,45-,46-,47-,48-,58-/m0/s1. The van der Waals surface area contributed by atoms with Gasteiger partial charge < -0.3 is 98.7 Å². The lowest BCUT2D eigenvalue weighted by atomic mass is 9.90. The molecule has 3 aliphatic rings. The van der Waals surface area contributed by atoms with Crippen LogP contribution in [0, 0.1) is 5.92 Å². The van der Waals surface area contributed by atoms with E-state index >= 15 is 0 Å². The molecule has 39 nitrogen and oxygen atoms in total. The van der Waals surface area contributed by atoms with Crippen molar-refractivity contribution >= 4 is 114 Å². The van der Waals surface area contributed by atoms with E-state index in [9.17, 15) is 116 Å². The zero-order valence-corrected chi connectivity index (χ0v) is 59.0. The molecule has 0 saturated carbocycles. The molecular formula is C68H81N12O27P. The molecule has 1 fully saturated rings. The van der Waals surface area contributed by atoms with Crippen LogP contribution >= 0.6 is 7.82 Å². The van der Waals surface area contributed by atoms with Gasteiger partial charge in [0.2, 0.25) is 65.0 Å². The van der Waals surface area contributed by atoms with Gasteiger partial charge in [0.1, 0.15) is 77.2 Å². The topological polar surface area (TPSA) is 635 Å². The number of carboxylic acids is 4. The van der Waals surface area contributed by atoms with Gasteiger partial charge in [-0.1, -0.05) is 50.6 Å². The highest BCUT2D eigenvalue weighted by atomic mass is 31.2. The van der Waals surface area contributed by atoms with E-state index in [1.807, 2.05) is 10.6 Å². The van der Waals surface area contributed by atoms with E-state index < -0.39 is 227 Å². The summed E-state index contributed by atoms with van der Waals surface area (Å²) >= 11 is 0. The number of phosphoric ester groups is 1. The molecule has 12 amide bonds. The van der Waals surface area contributed by atoms with Crippen molar-refractivity contribution in [1.82, 2.24) is 52.8 Å². The second-order valence-electron chi connectivity index (χ2n) is 25.2. The van der Waals surface area contributed by atoms with Gasteiger partial charge in [0.15, 0.2) is 5.43 Å². The van der Waals surface area contributed by atoms with Gasteiger partial charge in [0.05, 0.1) is 19.4 Å². The molecule has 1 aliphatic carbocycles. The van der Waals surface area contributed by atoms with Crippen molar-refractivity contribution in [2.75, 3.05) is 13.1 Å². The number of hydrogen-bond donors (Lipinski definition) is 18.